The molecule has 1 aliphatic rings. The fraction of sp³-hybridized carbons (Fsp3) is 0.226. The van der Waals surface area contributed by atoms with Crippen molar-refractivity contribution >= 4 is 28.6 Å². The Morgan fingerprint density at radius 2 is 1.75 bits per heavy atom. The first-order valence-electron chi connectivity index (χ1n) is 13.3. The Labute approximate surface area is 236 Å². The zero-order valence-corrected chi connectivity index (χ0v) is 22.4. The van der Waals surface area contributed by atoms with E-state index < -0.39 is 5.97 Å². The second-order valence-electron chi connectivity index (χ2n) is 9.85. The number of ether oxygens (including phenoxy) is 2. The molecule has 3 aromatic carbocycles. The third-order valence-corrected chi connectivity index (χ3v) is 7.34. The van der Waals surface area contributed by atoms with E-state index in [2.05, 4.69) is 14.5 Å². The van der Waals surface area contributed by atoms with E-state index in [1.54, 1.807) is 18.2 Å². The lowest BCUT2D eigenvalue weighted by molar-refractivity contribution is 0.0697. The van der Waals surface area contributed by atoms with Gasteiger partial charge in [0.25, 0.3) is 0 Å². The summed E-state index contributed by atoms with van der Waals surface area (Å²) in [5.74, 6) is 1.23. The first-order valence-corrected chi connectivity index (χ1v) is 13.6. The van der Waals surface area contributed by atoms with Crippen LogP contribution in [0.2, 0.25) is 5.02 Å². The predicted octanol–water partition coefficient (Wildman–Crippen LogP) is 7.72. The molecule has 2 aromatic heterocycles. The average molecular weight is 555 g/mol. The highest BCUT2D eigenvalue weighted by atomic mass is 35.5. The molecule has 0 saturated heterocycles. The number of benzene rings is 3. The van der Waals surface area contributed by atoms with Gasteiger partial charge in [-0.2, -0.15) is 0 Å². The van der Waals surface area contributed by atoms with Crippen LogP contribution in [0.15, 0.2) is 79.1 Å². The maximum absolute atomic E-state index is 11.6. The number of carboxylic acid groups (broad SMARTS) is 1. The Balaban J connectivity index is 1.23. The summed E-state index contributed by atoms with van der Waals surface area (Å²) in [5, 5.41) is 10.1. The minimum atomic E-state index is -0.958. The predicted molar refractivity (Wildman–Crippen MR) is 152 cm³/mol. The Morgan fingerprint density at radius 3 is 2.52 bits per heavy atom. The largest absolute Gasteiger partial charge is 0.478 e. The quantitative estimate of drug-likeness (QED) is 0.209. The van der Waals surface area contributed by atoms with Crippen molar-refractivity contribution in [1.82, 2.24) is 19.5 Å². The number of fused-ring (bicyclic) bond motifs is 1. The molecule has 40 heavy (non-hydrogen) atoms. The van der Waals surface area contributed by atoms with Gasteiger partial charge in [0, 0.05) is 16.6 Å². The van der Waals surface area contributed by atoms with Crippen molar-refractivity contribution in [3.8, 4) is 28.9 Å². The van der Waals surface area contributed by atoms with Gasteiger partial charge >= 0.3 is 5.97 Å². The molecule has 0 aliphatic heterocycles. The molecule has 202 valence electrons. The van der Waals surface area contributed by atoms with Crippen molar-refractivity contribution < 1.29 is 19.4 Å². The SMILES string of the molecule is O=C(O)c1ccc2c(c1)nc(-c1ccc(Oc3cc(OCc4cccc(Cl)c4)ncn3)cc1)n2C1CCCCC1. The van der Waals surface area contributed by atoms with Crippen LogP contribution in [0.1, 0.15) is 54.1 Å². The highest BCUT2D eigenvalue weighted by Crippen LogP contribution is 2.37. The lowest BCUT2D eigenvalue weighted by Gasteiger charge is -2.25. The molecule has 0 radical (unpaired) electrons. The number of aromatic nitrogens is 4. The average Bonchev–Trinajstić information content (AvgIpc) is 3.36. The third kappa shape index (κ3) is 5.62. The van der Waals surface area contributed by atoms with Gasteiger partial charge in [-0.3, -0.25) is 0 Å². The molecule has 0 atom stereocenters. The Bertz CT molecular complexity index is 1660. The summed E-state index contributed by atoms with van der Waals surface area (Å²) in [7, 11) is 0. The van der Waals surface area contributed by atoms with E-state index >= 15 is 0 Å². The smallest absolute Gasteiger partial charge is 0.335 e. The lowest BCUT2D eigenvalue weighted by Crippen LogP contribution is -2.14. The summed E-state index contributed by atoms with van der Waals surface area (Å²) in [4.78, 5) is 24.8. The molecule has 0 unspecified atom stereocenters. The van der Waals surface area contributed by atoms with Crippen LogP contribution in [0, 0.1) is 0 Å². The number of aromatic carboxylic acids is 1. The standard InChI is InChI=1S/C31H27ClN4O4/c32-23-6-4-5-20(15-23)18-39-28-17-29(34-19-33-28)40-25-12-9-21(10-13-25)30-35-26-16-22(31(37)38)11-14-27(26)36(30)24-7-2-1-3-8-24/h4-6,9-17,19,24H,1-3,7-8,18H2,(H,37,38). The molecular formula is C31H27ClN4O4. The molecule has 9 heteroatoms. The van der Waals surface area contributed by atoms with Gasteiger partial charge in [0.15, 0.2) is 0 Å². The molecule has 1 aliphatic carbocycles. The zero-order chi connectivity index (χ0) is 27.5. The normalized spacial score (nSPS) is 13.8. The third-order valence-electron chi connectivity index (χ3n) is 7.10. The Kier molecular flexibility index (Phi) is 7.33. The first kappa shape index (κ1) is 25.8. The first-order chi connectivity index (χ1) is 19.5. The second kappa shape index (κ2) is 11.4. The van der Waals surface area contributed by atoms with Gasteiger partial charge in [-0.05, 0) is 73.0 Å². The van der Waals surface area contributed by atoms with Crippen molar-refractivity contribution in [2.24, 2.45) is 0 Å². The van der Waals surface area contributed by atoms with Crippen molar-refractivity contribution in [2.45, 2.75) is 44.8 Å². The number of nitrogens with zero attached hydrogens (tertiary/aromatic N) is 4. The van der Waals surface area contributed by atoms with Crippen molar-refractivity contribution in [1.29, 1.82) is 0 Å². The number of carboxylic acids is 1. The molecule has 1 fully saturated rings. The fourth-order valence-corrected chi connectivity index (χ4v) is 5.39. The van der Waals surface area contributed by atoms with E-state index in [0.717, 1.165) is 35.3 Å². The summed E-state index contributed by atoms with van der Waals surface area (Å²) < 4.78 is 14.1. The maximum atomic E-state index is 11.6. The molecule has 8 nitrogen and oxygen atoms in total. The number of rotatable bonds is 8. The van der Waals surface area contributed by atoms with Gasteiger partial charge in [-0.15, -0.1) is 0 Å². The molecular weight excluding hydrogens is 528 g/mol. The molecule has 0 spiro atoms. The summed E-state index contributed by atoms with van der Waals surface area (Å²) in [6, 6.07) is 22.3. The van der Waals surface area contributed by atoms with E-state index in [4.69, 9.17) is 26.1 Å². The number of hydrogen-bond donors (Lipinski definition) is 1. The number of hydrogen-bond acceptors (Lipinski definition) is 6. The van der Waals surface area contributed by atoms with Gasteiger partial charge in [-0.1, -0.05) is 43.0 Å². The molecule has 2 heterocycles. The van der Waals surface area contributed by atoms with Crippen molar-refractivity contribution in [3.05, 3.63) is 95.3 Å². The van der Waals surface area contributed by atoms with E-state index in [9.17, 15) is 9.90 Å². The monoisotopic (exact) mass is 554 g/mol. The van der Waals surface area contributed by atoms with Crippen LogP contribution in [0.5, 0.6) is 17.5 Å². The van der Waals surface area contributed by atoms with Crippen LogP contribution >= 0.6 is 11.6 Å². The van der Waals surface area contributed by atoms with Crippen LogP contribution in [-0.4, -0.2) is 30.6 Å². The molecule has 6 rings (SSSR count). The van der Waals surface area contributed by atoms with Crippen LogP contribution in [0.3, 0.4) is 0 Å². The topological polar surface area (TPSA) is 99.4 Å². The van der Waals surface area contributed by atoms with Crippen LogP contribution in [0.25, 0.3) is 22.4 Å². The lowest BCUT2D eigenvalue weighted by atomic mass is 9.95. The number of carbonyl (C=O) groups is 1. The highest BCUT2D eigenvalue weighted by molar-refractivity contribution is 6.30. The summed E-state index contributed by atoms with van der Waals surface area (Å²) in [6.07, 6.45) is 7.14. The molecule has 0 amide bonds. The van der Waals surface area contributed by atoms with E-state index in [-0.39, 0.29) is 5.56 Å². The van der Waals surface area contributed by atoms with E-state index in [0.29, 0.717) is 40.7 Å². The summed E-state index contributed by atoms with van der Waals surface area (Å²) in [6.45, 7) is 0.321. The van der Waals surface area contributed by atoms with Gasteiger partial charge in [0.2, 0.25) is 11.8 Å². The van der Waals surface area contributed by atoms with E-state index in [1.807, 2.05) is 54.6 Å². The Morgan fingerprint density at radius 1 is 0.950 bits per heavy atom. The van der Waals surface area contributed by atoms with Crippen molar-refractivity contribution in [2.75, 3.05) is 0 Å². The second-order valence-corrected chi connectivity index (χ2v) is 10.3. The van der Waals surface area contributed by atoms with Gasteiger partial charge in [-0.25, -0.2) is 19.7 Å². The van der Waals surface area contributed by atoms with E-state index in [1.165, 1.54) is 25.6 Å². The minimum absolute atomic E-state index is 0.233. The van der Waals surface area contributed by atoms with Gasteiger partial charge in [0.05, 0.1) is 22.7 Å². The summed E-state index contributed by atoms with van der Waals surface area (Å²) >= 11 is 6.05. The molecule has 1 N–H and O–H groups in total. The number of halogens is 1. The highest BCUT2D eigenvalue weighted by Gasteiger charge is 2.23. The van der Waals surface area contributed by atoms with Crippen molar-refractivity contribution in [3.63, 3.8) is 0 Å². The summed E-state index contributed by atoms with van der Waals surface area (Å²) in [5.41, 5.74) is 3.74. The zero-order valence-electron chi connectivity index (χ0n) is 21.7. The van der Waals surface area contributed by atoms with Gasteiger partial charge < -0.3 is 19.1 Å². The molecule has 0 bridgehead atoms. The number of imidazole rings is 1. The minimum Gasteiger partial charge on any atom is -0.478 e. The molecule has 5 aromatic rings. The fourth-order valence-electron chi connectivity index (χ4n) is 5.18. The maximum Gasteiger partial charge on any atom is 0.335 e. The molecule has 1 saturated carbocycles. The van der Waals surface area contributed by atoms with Crippen LogP contribution in [-0.2, 0) is 6.61 Å². The van der Waals surface area contributed by atoms with Gasteiger partial charge in [0.1, 0.15) is 24.5 Å². The van der Waals surface area contributed by atoms with Crippen LogP contribution in [0.4, 0.5) is 0 Å². The Hall–Kier alpha value is -4.43. The van der Waals surface area contributed by atoms with Crippen LogP contribution < -0.4 is 9.47 Å².